The van der Waals surface area contributed by atoms with Crippen LogP contribution in [0.15, 0.2) is 29.4 Å². The predicted molar refractivity (Wildman–Crippen MR) is 55.9 cm³/mol. The number of rotatable bonds is 1. The quantitative estimate of drug-likeness (QED) is 0.662. The molecule has 1 aliphatic heterocycles. The van der Waals surface area contributed by atoms with Crippen LogP contribution in [0.5, 0.6) is 0 Å². The van der Waals surface area contributed by atoms with Crippen molar-refractivity contribution in [1.29, 1.82) is 0 Å². The highest BCUT2D eigenvalue weighted by Crippen LogP contribution is 2.21. The molecule has 68 valence electrons. The molecular weight excluding hydrogens is 162 g/mol. The van der Waals surface area contributed by atoms with E-state index in [2.05, 4.69) is 5.10 Å². The Hall–Kier alpha value is -1.51. The van der Waals surface area contributed by atoms with Crippen molar-refractivity contribution in [3.8, 4) is 0 Å². The van der Waals surface area contributed by atoms with Gasteiger partial charge in [-0.05, 0) is 25.1 Å². The first-order valence-electron chi connectivity index (χ1n) is 4.43. The molecule has 0 aliphatic carbocycles. The third kappa shape index (κ3) is 1.64. The van der Waals surface area contributed by atoms with Crippen LogP contribution in [0.3, 0.4) is 0 Å². The summed E-state index contributed by atoms with van der Waals surface area (Å²) in [6.45, 7) is 3.02. The standard InChI is InChI=1S/C10H13N3/c1-8-5-6-13(12-8)10-4-2-3-9(11)7-10/h2-4,7H,5-6,11H2,1H3. The molecule has 13 heavy (non-hydrogen) atoms. The molecule has 0 radical (unpaired) electrons. The van der Waals surface area contributed by atoms with E-state index < -0.39 is 0 Å². The molecule has 0 bridgehead atoms. The Morgan fingerprint density at radius 2 is 2.31 bits per heavy atom. The van der Waals surface area contributed by atoms with E-state index in [1.165, 1.54) is 5.71 Å². The van der Waals surface area contributed by atoms with E-state index in [9.17, 15) is 0 Å². The van der Waals surface area contributed by atoms with E-state index in [0.717, 1.165) is 24.3 Å². The van der Waals surface area contributed by atoms with Crippen LogP contribution in [0.4, 0.5) is 11.4 Å². The number of hydrogen-bond acceptors (Lipinski definition) is 3. The Balaban J connectivity index is 2.26. The highest BCUT2D eigenvalue weighted by Gasteiger charge is 2.12. The molecule has 2 N–H and O–H groups in total. The van der Waals surface area contributed by atoms with E-state index in [4.69, 9.17) is 5.73 Å². The van der Waals surface area contributed by atoms with Gasteiger partial charge >= 0.3 is 0 Å². The minimum absolute atomic E-state index is 0.789. The zero-order chi connectivity index (χ0) is 9.26. The third-order valence-corrected chi connectivity index (χ3v) is 2.15. The first-order chi connectivity index (χ1) is 6.25. The average molecular weight is 175 g/mol. The Morgan fingerprint density at radius 1 is 1.46 bits per heavy atom. The fourth-order valence-electron chi connectivity index (χ4n) is 1.45. The van der Waals surface area contributed by atoms with Crippen molar-refractivity contribution in [3.05, 3.63) is 24.3 Å². The van der Waals surface area contributed by atoms with Crippen molar-refractivity contribution in [2.75, 3.05) is 17.3 Å². The van der Waals surface area contributed by atoms with Crippen LogP contribution in [0.2, 0.25) is 0 Å². The van der Waals surface area contributed by atoms with Crippen molar-refractivity contribution in [1.82, 2.24) is 0 Å². The van der Waals surface area contributed by atoms with E-state index >= 15 is 0 Å². The van der Waals surface area contributed by atoms with Crippen LogP contribution in [0.25, 0.3) is 0 Å². The third-order valence-electron chi connectivity index (χ3n) is 2.15. The molecule has 0 unspecified atom stereocenters. The number of hydrogen-bond donors (Lipinski definition) is 1. The first-order valence-corrected chi connectivity index (χ1v) is 4.43. The van der Waals surface area contributed by atoms with Crippen LogP contribution in [-0.4, -0.2) is 12.3 Å². The summed E-state index contributed by atoms with van der Waals surface area (Å²) in [6.07, 6.45) is 1.05. The van der Waals surface area contributed by atoms with Gasteiger partial charge < -0.3 is 5.73 Å². The van der Waals surface area contributed by atoms with Gasteiger partial charge in [-0.3, -0.25) is 5.01 Å². The van der Waals surface area contributed by atoms with E-state index in [1.54, 1.807) is 0 Å². The number of hydrazone groups is 1. The normalized spacial score (nSPS) is 16.1. The fraction of sp³-hybridized carbons (Fsp3) is 0.300. The lowest BCUT2D eigenvalue weighted by molar-refractivity contribution is 0.922. The lowest BCUT2D eigenvalue weighted by Crippen LogP contribution is -2.11. The van der Waals surface area contributed by atoms with Gasteiger partial charge in [0.2, 0.25) is 0 Å². The molecule has 1 aromatic carbocycles. The van der Waals surface area contributed by atoms with Crippen molar-refractivity contribution in [2.45, 2.75) is 13.3 Å². The summed E-state index contributed by atoms with van der Waals surface area (Å²) < 4.78 is 0. The van der Waals surface area contributed by atoms with Gasteiger partial charge in [-0.1, -0.05) is 6.07 Å². The van der Waals surface area contributed by atoms with Crippen molar-refractivity contribution >= 4 is 17.1 Å². The topological polar surface area (TPSA) is 41.6 Å². The zero-order valence-corrected chi connectivity index (χ0v) is 7.70. The second-order valence-corrected chi connectivity index (χ2v) is 3.30. The SMILES string of the molecule is CC1=NN(c2cccc(N)c2)CC1. The van der Waals surface area contributed by atoms with Gasteiger partial charge in [0.15, 0.2) is 0 Å². The zero-order valence-electron chi connectivity index (χ0n) is 7.70. The molecule has 1 aliphatic rings. The van der Waals surface area contributed by atoms with Gasteiger partial charge in [0.05, 0.1) is 5.69 Å². The van der Waals surface area contributed by atoms with Crippen LogP contribution < -0.4 is 10.7 Å². The molecule has 0 aromatic heterocycles. The Bertz CT molecular complexity index is 344. The van der Waals surface area contributed by atoms with E-state index in [-0.39, 0.29) is 0 Å². The van der Waals surface area contributed by atoms with Gasteiger partial charge in [-0.2, -0.15) is 5.10 Å². The van der Waals surface area contributed by atoms with E-state index in [1.807, 2.05) is 36.2 Å². The minimum Gasteiger partial charge on any atom is -0.399 e. The molecule has 0 saturated heterocycles. The maximum absolute atomic E-state index is 5.69. The van der Waals surface area contributed by atoms with Crippen LogP contribution in [-0.2, 0) is 0 Å². The molecule has 2 rings (SSSR count). The van der Waals surface area contributed by atoms with Crippen molar-refractivity contribution in [3.63, 3.8) is 0 Å². The number of nitrogens with zero attached hydrogens (tertiary/aromatic N) is 2. The number of anilines is 2. The molecule has 0 saturated carbocycles. The summed E-state index contributed by atoms with van der Waals surface area (Å²) >= 11 is 0. The summed E-state index contributed by atoms with van der Waals surface area (Å²) in [5.74, 6) is 0. The molecule has 0 fully saturated rings. The molecule has 3 heteroatoms. The first kappa shape index (κ1) is 8.10. The molecule has 0 amide bonds. The van der Waals surface area contributed by atoms with Crippen LogP contribution >= 0.6 is 0 Å². The largest absolute Gasteiger partial charge is 0.399 e. The fourth-order valence-corrected chi connectivity index (χ4v) is 1.45. The van der Waals surface area contributed by atoms with E-state index in [0.29, 0.717) is 0 Å². The van der Waals surface area contributed by atoms with Gasteiger partial charge in [-0.25, -0.2) is 0 Å². The van der Waals surface area contributed by atoms with Gasteiger partial charge in [0.1, 0.15) is 0 Å². The summed E-state index contributed by atoms with van der Waals surface area (Å²) in [5, 5.41) is 6.39. The lowest BCUT2D eigenvalue weighted by atomic mass is 10.2. The highest BCUT2D eigenvalue weighted by atomic mass is 15.5. The minimum atomic E-state index is 0.789. The van der Waals surface area contributed by atoms with Gasteiger partial charge in [0.25, 0.3) is 0 Å². The van der Waals surface area contributed by atoms with Crippen LogP contribution in [0.1, 0.15) is 13.3 Å². The molecule has 0 spiro atoms. The lowest BCUT2D eigenvalue weighted by Gasteiger charge is -2.13. The monoisotopic (exact) mass is 175 g/mol. The Kier molecular flexibility index (Phi) is 1.93. The van der Waals surface area contributed by atoms with Crippen LogP contribution in [0, 0.1) is 0 Å². The van der Waals surface area contributed by atoms with Gasteiger partial charge in [0, 0.05) is 24.4 Å². The second kappa shape index (κ2) is 3.09. The number of nitrogens with two attached hydrogens (primary N) is 1. The number of benzene rings is 1. The van der Waals surface area contributed by atoms with Gasteiger partial charge in [-0.15, -0.1) is 0 Å². The molecular formula is C10H13N3. The smallest absolute Gasteiger partial charge is 0.0614 e. The second-order valence-electron chi connectivity index (χ2n) is 3.30. The van der Waals surface area contributed by atoms with Crippen molar-refractivity contribution in [2.24, 2.45) is 5.10 Å². The molecule has 3 nitrogen and oxygen atoms in total. The average Bonchev–Trinajstić information content (AvgIpc) is 2.52. The molecule has 1 heterocycles. The predicted octanol–water partition coefficient (Wildman–Crippen LogP) is 1.85. The van der Waals surface area contributed by atoms with Crippen molar-refractivity contribution < 1.29 is 0 Å². The summed E-state index contributed by atoms with van der Waals surface area (Å²) in [4.78, 5) is 0. The maximum Gasteiger partial charge on any atom is 0.0614 e. The Morgan fingerprint density at radius 3 is 2.92 bits per heavy atom. The molecule has 0 atom stereocenters. The number of nitrogen functional groups attached to an aromatic ring is 1. The maximum atomic E-state index is 5.69. The summed E-state index contributed by atoms with van der Waals surface area (Å²) in [7, 11) is 0. The highest BCUT2D eigenvalue weighted by molar-refractivity contribution is 5.85. The molecule has 1 aromatic rings. The Labute approximate surface area is 77.9 Å². The summed E-state index contributed by atoms with van der Waals surface area (Å²) in [5.41, 5.74) is 8.74. The summed E-state index contributed by atoms with van der Waals surface area (Å²) in [6, 6.07) is 7.81.